The van der Waals surface area contributed by atoms with Crippen molar-refractivity contribution >= 4 is 17.2 Å². The summed E-state index contributed by atoms with van der Waals surface area (Å²) in [5.74, 6) is 0.724. The molecule has 0 bridgehead atoms. The topological polar surface area (TPSA) is 85.2 Å². The van der Waals surface area contributed by atoms with Crippen LogP contribution in [0.4, 0.5) is 0 Å². The molecule has 6 nitrogen and oxygen atoms in total. The number of nitrogens with two attached hydrogens (primary N) is 1. The van der Waals surface area contributed by atoms with Crippen LogP contribution in [0, 0.1) is 6.92 Å². The van der Waals surface area contributed by atoms with Gasteiger partial charge in [0.2, 0.25) is 0 Å². The Bertz CT molecular complexity index is 636. The van der Waals surface area contributed by atoms with Crippen molar-refractivity contribution in [2.75, 3.05) is 13.1 Å². The number of likely N-dealkylation sites (tertiary alicyclic amines) is 1. The van der Waals surface area contributed by atoms with E-state index in [9.17, 15) is 4.79 Å². The maximum atomic E-state index is 12.6. The molecule has 0 spiro atoms. The Balaban J connectivity index is 1.79. The number of nitrogens with zero attached hydrogens (tertiary/aromatic N) is 3. The van der Waals surface area contributed by atoms with Gasteiger partial charge in [-0.1, -0.05) is 5.16 Å². The van der Waals surface area contributed by atoms with Gasteiger partial charge in [-0.15, -0.1) is 11.3 Å². The molecule has 112 valence electrons. The van der Waals surface area contributed by atoms with Crippen LogP contribution in [0.1, 0.15) is 45.8 Å². The maximum Gasteiger partial charge on any atom is 0.273 e. The number of hydrogen-bond acceptors (Lipinski definition) is 6. The van der Waals surface area contributed by atoms with Gasteiger partial charge in [0, 0.05) is 24.4 Å². The Morgan fingerprint density at radius 3 is 3.19 bits per heavy atom. The lowest BCUT2D eigenvalue weighted by molar-refractivity contribution is 0.0709. The fourth-order valence-corrected chi connectivity index (χ4v) is 3.43. The molecule has 7 heteroatoms. The Labute approximate surface area is 126 Å². The molecule has 2 N–H and O–H groups in total. The third-order valence-corrected chi connectivity index (χ3v) is 4.53. The summed E-state index contributed by atoms with van der Waals surface area (Å²) < 4.78 is 5.33. The van der Waals surface area contributed by atoms with Gasteiger partial charge in [0.15, 0.2) is 5.76 Å². The molecule has 1 unspecified atom stereocenters. The second-order valence-electron chi connectivity index (χ2n) is 5.19. The first-order valence-corrected chi connectivity index (χ1v) is 7.95. The van der Waals surface area contributed by atoms with Gasteiger partial charge in [-0.3, -0.25) is 4.79 Å². The van der Waals surface area contributed by atoms with Crippen molar-refractivity contribution in [3.8, 4) is 0 Å². The molecule has 1 aliphatic heterocycles. The van der Waals surface area contributed by atoms with E-state index in [4.69, 9.17) is 10.3 Å². The smallest absolute Gasteiger partial charge is 0.273 e. The number of thiazole rings is 1. The molecule has 3 heterocycles. The molecule has 1 fully saturated rings. The van der Waals surface area contributed by atoms with Crippen LogP contribution < -0.4 is 5.73 Å². The SMILES string of the molecule is Cc1cc(C2CCCN2C(=O)c2csc(CCN)n2)on1. The first-order valence-electron chi connectivity index (χ1n) is 7.07. The van der Waals surface area contributed by atoms with Crippen molar-refractivity contribution in [3.05, 3.63) is 33.6 Å². The molecule has 1 amide bonds. The van der Waals surface area contributed by atoms with E-state index in [0.717, 1.165) is 35.8 Å². The minimum Gasteiger partial charge on any atom is -0.359 e. The number of hydrogen-bond donors (Lipinski definition) is 1. The van der Waals surface area contributed by atoms with Crippen LogP contribution in [0.5, 0.6) is 0 Å². The zero-order chi connectivity index (χ0) is 14.8. The molecule has 3 rings (SSSR count). The summed E-state index contributed by atoms with van der Waals surface area (Å²) in [6.07, 6.45) is 2.58. The Morgan fingerprint density at radius 1 is 1.62 bits per heavy atom. The molecule has 1 atom stereocenters. The first-order chi connectivity index (χ1) is 10.2. The van der Waals surface area contributed by atoms with Crippen LogP contribution >= 0.6 is 11.3 Å². The summed E-state index contributed by atoms with van der Waals surface area (Å²) in [6, 6.07) is 1.87. The molecular weight excluding hydrogens is 288 g/mol. The van der Waals surface area contributed by atoms with Gasteiger partial charge >= 0.3 is 0 Å². The lowest BCUT2D eigenvalue weighted by atomic mass is 10.1. The van der Waals surface area contributed by atoms with Gasteiger partial charge in [-0.05, 0) is 26.3 Å². The van der Waals surface area contributed by atoms with Gasteiger partial charge in [0.05, 0.1) is 16.7 Å². The Kier molecular flexibility index (Phi) is 4.03. The third-order valence-electron chi connectivity index (χ3n) is 3.62. The fraction of sp³-hybridized carbons (Fsp3) is 0.500. The third kappa shape index (κ3) is 2.84. The van der Waals surface area contributed by atoms with Crippen LogP contribution in [-0.2, 0) is 6.42 Å². The zero-order valence-corrected chi connectivity index (χ0v) is 12.7. The predicted octanol–water partition coefficient (Wildman–Crippen LogP) is 1.92. The van der Waals surface area contributed by atoms with E-state index in [1.54, 1.807) is 0 Å². The number of rotatable bonds is 4. The molecule has 2 aromatic heterocycles. The second-order valence-corrected chi connectivity index (χ2v) is 6.14. The quantitative estimate of drug-likeness (QED) is 0.932. The van der Waals surface area contributed by atoms with Gasteiger partial charge in [-0.25, -0.2) is 4.98 Å². The van der Waals surface area contributed by atoms with E-state index in [2.05, 4.69) is 10.1 Å². The molecule has 1 saturated heterocycles. The van der Waals surface area contributed by atoms with Crippen LogP contribution in [-0.4, -0.2) is 34.0 Å². The van der Waals surface area contributed by atoms with Crippen molar-refractivity contribution in [2.45, 2.75) is 32.2 Å². The summed E-state index contributed by atoms with van der Waals surface area (Å²) in [4.78, 5) is 18.8. The minimum absolute atomic E-state index is 0.0293. The van der Waals surface area contributed by atoms with E-state index >= 15 is 0 Å². The van der Waals surface area contributed by atoms with Gasteiger partial charge < -0.3 is 15.2 Å². The molecule has 0 saturated carbocycles. The van der Waals surface area contributed by atoms with Crippen molar-refractivity contribution < 1.29 is 9.32 Å². The lowest BCUT2D eigenvalue weighted by Crippen LogP contribution is -2.30. The molecular formula is C14H18N4O2S. The van der Waals surface area contributed by atoms with Crippen molar-refractivity contribution in [3.63, 3.8) is 0 Å². The van der Waals surface area contributed by atoms with E-state index < -0.39 is 0 Å². The van der Waals surface area contributed by atoms with Crippen LogP contribution in [0.3, 0.4) is 0 Å². The van der Waals surface area contributed by atoms with Crippen molar-refractivity contribution in [2.24, 2.45) is 5.73 Å². The van der Waals surface area contributed by atoms with Crippen molar-refractivity contribution in [1.29, 1.82) is 0 Å². The average molecular weight is 306 g/mol. The Morgan fingerprint density at radius 2 is 2.48 bits per heavy atom. The van der Waals surface area contributed by atoms with Gasteiger partial charge in [0.25, 0.3) is 5.91 Å². The van der Waals surface area contributed by atoms with E-state index in [0.29, 0.717) is 18.7 Å². The fourth-order valence-electron chi connectivity index (χ4n) is 2.64. The summed E-state index contributed by atoms with van der Waals surface area (Å²) >= 11 is 1.49. The normalized spacial score (nSPS) is 18.4. The summed E-state index contributed by atoms with van der Waals surface area (Å²) in [6.45, 7) is 3.16. The van der Waals surface area contributed by atoms with Gasteiger partial charge in [-0.2, -0.15) is 0 Å². The molecule has 0 radical (unpaired) electrons. The van der Waals surface area contributed by atoms with Crippen LogP contribution in [0.25, 0.3) is 0 Å². The highest BCUT2D eigenvalue weighted by Crippen LogP contribution is 2.33. The standard InChI is InChI=1S/C14H18N4O2S/c1-9-7-12(20-17-9)11-3-2-6-18(11)14(19)10-8-21-13(16-10)4-5-15/h7-8,11H,2-6,15H2,1H3. The Hall–Kier alpha value is -1.73. The summed E-state index contributed by atoms with van der Waals surface area (Å²) in [7, 11) is 0. The number of amides is 1. The van der Waals surface area contributed by atoms with Crippen LogP contribution in [0.2, 0.25) is 0 Å². The number of carbonyl (C=O) groups excluding carboxylic acids is 1. The average Bonchev–Trinajstić information content (AvgIpc) is 3.17. The summed E-state index contributed by atoms with van der Waals surface area (Å²) in [5.41, 5.74) is 6.86. The minimum atomic E-state index is -0.0360. The maximum absolute atomic E-state index is 12.6. The van der Waals surface area contributed by atoms with E-state index in [1.165, 1.54) is 11.3 Å². The predicted molar refractivity (Wildman–Crippen MR) is 79.1 cm³/mol. The van der Waals surface area contributed by atoms with Gasteiger partial charge in [0.1, 0.15) is 5.69 Å². The highest BCUT2D eigenvalue weighted by Gasteiger charge is 2.34. The van der Waals surface area contributed by atoms with E-state index in [-0.39, 0.29) is 11.9 Å². The number of aromatic nitrogens is 2. The first kappa shape index (κ1) is 14.2. The molecule has 1 aliphatic rings. The summed E-state index contributed by atoms with van der Waals surface area (Å²) in [5, 5.41) is 6.64. The molecule has 21 heavy (non-hydrogen) atoms. The molecule has 2 aromatic rings. The highest BCUT2D eigenvalue weighted by atomic mass is 32.1. The molecule has 0 aliphatic carbocycles. The zero-order valence-electron chi connectivity index (χ0n) is 11.9. The molecule has 0 aromatic carbocycles. The second kappa shape index (κ2) is 5.95. The van der Waals surface area contributed by atoms with E-state index in [1.807, 2.05) is 23.3 Å². The van der Waals surface area contributed by atoms with Crippen molar-refractivity contribution in [1.82, 2.24) is 15.0 Å². The highest BCUT2D eigenvalue weighted by molar-refractivity contribution is 7.09. The lowest BCUT2D eigenvalue weighted by Gasteiger charge is -2.21. The monoisotopic (exact) mass is 306 g/mol. The largest absolute Gasteiger partial charge is 0.359 e. The number of aryl methyl sites for hydroxylation is 1. The van der Waals surface area contributed by atoms with Crippen LogP contribution in [0.15, 0.2) is 16.0 Å². The number of carbonyl (C=O) groups is 1.